The van der Waals surface area contributed by atoms with Gasteiger partial charge in [-0.3, -0.25) is 14.4 Å². The van der Waals surface area contributed by atoms with Crippen LogP contribution in [0.5, 0.6) is 0 Å². The van der Waals surface area contributed by atoms with Gasteiger partial charge in [-0.2, -0.15) is 0 Å². The normalized spacial score (nSPS) is 16.9. The summed E-state index contributed by atoms with van der Waals surface area (Å²) in [5, 5.41) is 2.95. The van der Waals surface area contributed by atoms with E-state index in [1.807, 2.05) is 60.7 Å². The van der Waals surface area contributed by atoms with Crippen molar-refractivity contribution in [3.63, 3.8) is 0 Å². The molecule has 0 spiro atoms. The number of rotatable bonds is 8. The zero-order chi connectivity index (χ0) is 24.9. The highest BCUT2D eigenvalue weighted by Gasteiger charge is 2.42. The van der Waals surface area contributed by atoms with Crippen LogP contribution in [-0.4, -0.2) is 24.8 Å². The number of Topliss-reactive ketones (excluding diaryl/α,β-unsaturated/α-hetero) is 1. The van der Waals surface area contributed by atoms with Crippen molar-refractivity contribution in [3.05, 3.63) is 89.5 Å². The Hall–Kier alpha value is -3.73. The van der Waals surface area contributed by atoms with Crippen LogP contribution in [0.15, 0.2) is 72.8 Å². The average molecular weight is 470 g/mol. The van der Waals surface area contributed by atoms with Gasteiger partial charge in [-0.1, -0.05) is 74.5 Å². The summed E-state index contributed by atoms with van der Waals surface area (Å²) in [6.45, 7) is 4.30. The fourth-order valence-corrected chi connectivity index (χ4v) is 4.45. The molecule has 35 heavy (non-hydrogen) atoms. The molecule has 5 heteroatoms. The molecule has 1 N–H and O–H groups in total. The molecule has 0 saturated heterocycles. The Bertz CT molecular complexity index is 1190. The first-order chi connectivity index (χ1) is 16.9. The zero-order valence-corrected chi connectivity index (χ0v) is 20.4. The second-order valence-corrected chi connectivity index (χ2v) is 9.45. The number of hydrogen-bond donors (Lipinski definition) is 1. The van der Waals surface area contributed by atoms with Crippen LogP contribution in [0.2, 0.25) is 0 Å². The molecule has 2 atom stereocenters. The summed E-state index contributed by atoms with van der Waals surface area (Å²) < 4.78 is 4.81. The summed E-state index contributed by atoms with van der Waals surface area (Å²) >= 11 is 0. The summed E-state index contributed by atoms with van der Waals surface area (Å²) in [5.41, 5.74) is 5.56. The van der Waals surface area contributed by atoms with Gasteiger partial charge >= 0.3 is 5.97 Å². The smallest absolute Gasteiger partial charge is 0.309 e. The number of anilines is 1. The van der Waals surface area contributed by atoms with E-state index in [1.165, 1.54) is 12.7 Å². The van der Waals surface area contributed by atoms with E-state index in [0.29, 0.717) is 24.3 Å². The summed E-state index contributed by atoms with van der Waals surface area (Å²) in [5.74, 6) is -0.509. The Morgan fingerprint density at radius 3 is 1.91 bits per heavy atom. The molecule has 0 radical (unpaired) electrons. The summed E-state index contributed by atoms with van der Waals surface area (Å²) in [6, 6.07) is 23.3. The zero-order valence-electron chi connectivity index (χ0n) is 20.4. The Morgan fingerprint density at radius 2 is 1.40 bits per heavy atom. The van der Waals surface area contributed by atoms with Crippen LogP contribution in [0.3, 0.4) is 0 Å². The lowest BCUT2D eigenvalue weighted by molar-refractivity contribution is -0.150. The van der Waals surface area contributed by atoms with Crippen LogP contribution >= 0.6 is 0 Å². The molecule has 3 aromatic carbocycles. The van der Waals surface area contributed by atoms with Crippen LogP contribution in [0.1, 0.15) is 54.1 Å². The number of methoxy groups -OCH3 is 1. The van der Waals surface area contributed by atoms with Gasteiger partial charge in [-0.25, -0.2) is 0 Å². The van der Waals surface area contributed by atoms with Gasteiger partial charge in [0.05, 0.1) is 19.4 Å². The number of esters is 1. The Morgan fingerprint density at radius 1 is 0.829 bits per heavy atom. The molecule has 0 bridgehead atoms. The largest absolute Gasteiger partial charge is 0.469 e. The van der Waals surface area contributed by atoms with Gasteiger partial charge in [0, 0.05) is 17.2 Å². The second kappa shape index (κ2) is 10.7. The van der Waals surface area contributed by atoms with Crippen LogP contribution < -0.4 is 5.32 Å². The van der Waals surface area contributed by atoms with E-state index in [2.05, 4.69) is 31.3 Å². The number of nitrogens with one attached hydrogen (secondary N) is 1. The van der Waals surface area contributed by atoms with Gasteiger partial charge in [0.15, 0.2) is 5.78 Å². The third-order valence-corrected chi connectivity index (χ3v) is 6.80. The molecule has 0 aromatic heterocycles. The van der Waals surface area contributed by atoms with E-state index in [0.717, 1.165) is 28.8 Å². The lowest BCUT2D eigenvalue weighted by Gasteiger charge is -2.33. The fourth-order valence-electron chi connectivity index (χ4n) is 4.45. The topological polar surface area (TPSA) is 72.5 Å². The minimum Gasteiger partial charge on any atom is -0.469 e. The van der Waals surface area contributed by atoms with Crippen molar-refractivity contribution >= 4 is 23.3 Å². The first-order valence-corrected chi connectivity index (χ1v) is 12.1. The van der Waals surface area contributed by atoms with Crippen LogP contribution in [0.4, 0.5) is 5.69 Å². The first-order valence-electron chi connectivity index (χ1n) is 12.1. The van der Waals surface area contributed by atoms with E-state index in [4.69, 9.17) is 4.74 Å². The van der Waals surface area contributed by atoms with Gasteiger partial charge in [0.1, 0.15) is 0 Å². The Balaban J connectivity index is 1.35. The van der Waals surface area contributed by atoms with E-state index >= 15 is 0 Å². The van der Waals surface area contributed by atoms with E-state index < -0.39 is 0 Å². The lowest BCUT2D eigenvalue weighted by Crippen LogP contribution is -2.38. The Labute approximate surface area is 206 Å². The molecule has 1 aliphatic carbocycles. The molecule has 0 aliphatic heterocycles. The van der Waals surface area contributed by atoms with E-state index in [-0.39, 0.29) is 29.5 Å². The molecular weight excluding hydrogens is 438 g/mol. The highest BCUT2D eigenvalue weighted by atomic mass is 16.5. The van der Waals surface area contributed by atoms with Crippen molar-refractivity contribution < 1.29 is 19.1 Å². The van der Waals surface area contributed by atoms with Crippen molar-refractivity contribution in [2.45, 2.75) is 39.0 Å². The SMILES string of the molecule is COC(=O)[C@@H]1CC[C@H]1C(=O)c1ccc(-c2ccc(NC(=O)Cc3ccc(C(C)C)cc3)cc2)cc1. The minimum absolute atomic E-state index is 0.00453. The third-order valence-electron chi connectivity index (χ3n) is 6.80. The number of ketones is 1. The first kappa shape index (κ1) is 24.4. The molecule has 1 fully saturated rings. The molecule has 1 saturated carbocycles. The maximum atomic E-state index is 12.8. The highest BCUT2D eigenvalue weighted by Crippen LogP contribution is 2.37. The molecule has 180 valence electrons. The minimum atomic E-state index is -0.325. The van der Waals surface area contributed by atoms with Crippen molar-refractivity contribution in [2.75, 3.05) is 12.4 Å². The molecular formula is C30H31NO4. The molecule has 0 unspecified atom stereocenters. The van der Waals surface area contributed by atoms with Gasteiger partial charge < -0.3 is 10.1 Å². The number of hydrogen-bond acceptors (Lipinski definition) is 4. The molecule has 1 amide bonds. The molecule has 5 nitrogen and oxygen atoms in total. The number of carbonyl (C=O) groups is 3. The van der Waals surface area contributed by atoms with Gasteiger partial charge in [-0.05, 0) is 53.1 Å². The fraction of sp³-hybridized carbons (Fsp3) is 0.300. The van der Waals surface area contributed by atoms with Crippen molar-refractivity contribution in [3.8, 4) is 11.1 Å². The molecule has 0 heterocycles. The number of ether oxygens (including phenoxy) is 1. The standard InChI is InChI=1S/C30H31NO4/c1-19(2)21-6-4-20(5-7-21)18-28(32)31-25-14-12-23(13-15-25)22-8-10-24(11-9-22)29(33)26-16-17-27(26)30(34)35-3/h4-15,19,26-27H,16-18H2,1-3H3,(H,31,32)/t26-,27-/m1/s1. The van der Waals surface area contributed by atoms with E-state index in [9.17, 15) is 14.4 Å². The number of amides is 1. The van der Waals surface area contributed by atoms with Crippen molar-refractivity contribution in [1.29, 1.82) is 0 Å². The third kappa shape index (κ3) is 5.68. The molecule has 3 aromatic rings. The molecule has 4 rings (SSSR count). The monoisotopic (exact) mass is 469 g/mol. The highest BCUT2D eigenvalue weighted by molar-refractivity contribution is 6.01. The number of benzene rings is 3. The second-order valence-electron chi connectivity index (χ2n) is 9.45. The predicted octanol–water partition coefficient (Wildman–Crippen LogP) is 6.04. The summed E-state index contributed by atoms with van der Waals surface area (Å²) in [6.07, 6.45) is 1.75. The van der Waals surface area contributed by atoms with Gasteiger partial charge in [-0.15, -0.1) is 0 Å². The van der Waals surface area contributed by atoms with Crippen LogP contribution in [0.25, 0.3) is 11.1 Å². The summed E-state index contributed by atoms with van der Waals surface area (Å²) in [4.78, 5) is 37.0. The molecule has 1 aliphatic rings. The van der Waals surface area contributed by atoms with Crippen molar-refractivity contribution in [1.82, 2.24) is 0 Å². The van der Waals surface area contributed by atoms with Gasteiger partial charge in [0.2, 0.25) is 5.91 Å². The Kier molecular flexibility index (Phi) is 7.45. The average Bonchev–Trinajstić information content (AvgIpc) is 2.84. The van der Waals surface area contributed by atoms with Crippen LogP contribution in [0, 0.1) is 11.8 Å². The van der Waals surface area contributed by atoms with Crippen LogP contribution in [-0.2, 0) is 20.7 Å². The van der Waals surface area contributed by atoms with Gasteiger partial charge in [0.25, 0.3) is 0 Å². The number of carbonyl (C=O) groups excluding carboxylic acids is 3. The van der Waals surface area contributed by atoms with E-state index in [1.54, 1.807) is 0 Å². The maximum Gasteiger partial charge on any atom is 0.309 e. The quantitative estimate of drug-likeness (QED) is 0.322. The lowest BCUT2D eigenvalue weighted by atomic mass is 9.70. The summed E-state index contributed by atoms with van der Waals surface area (Å²) in [7, 11) is 1.36. The maximum absolute atomic E-state index is 12.8. The predicted molar refractivity (Wildman–Crippen MR) is 137 cm³/mol. The van der Waals surface area contributed by atoms with Crippen molar-refractivity contribution in [2.24, 2.45) is 11.8 Å².